The summed E-state index contributed by atoms with van der Waals surface area (Å²) in [5.74, 6) is 3.58. The Morgan fingerprint density at radius 3 is 2.13 bits per heavy atom. The molecule has 0 saturated heterocycles. The normalized spacial score (nSPS) is 10.7. The number of hydrogen-bond acceptors (Lipinski definition) is 8. The zero-order chi connectivity index (χ0) is 21.1. The summed E-state index contributed by atoms with van der Waals surface area (Å²) in [6.45, 7) is 0. The lowest BCUT2D eigenvalue weighted by Gasteiger charge is -2.13. The van der Waals surface area contributed by atoms with Gasteiger partial charge >= 0.3 is 0 Å². The highest BCUT2D eigenvalue weighted by atomic mass is 16.5. The van der Waals surface area contributed by atoms with Crippen molar-refractivity contribution in [1.82, 2.24) is 20.2 Å². The molecule has 2 aromatic heterocycles. The first-order valence-electron chi connectivity index (χ1n) is 9.09. The molecular formula is C21H21N5O4. The zero-order valence-electron chi connectivity index (χ0n) is 17.0. The summed E-state index contributed by atoms with van der Waals surface area (Å²) >= 11 is 0. The highest BCUT2D eigenvalue weighted by molar-refractivity contribution is 5.88. The van der Waals surface area contributed by atoms with E-state index in [-0.39, 0.29) is 0 Å². The summed E-state index contributed by atoms with van der Waals surface area (Å²) in [6.07, 6.45) is 1.65. The van der Waals surface area contributed by atoms with Crippen molar-refractivity contribution in [2.45, 2.75) is 0 Å². The van der Waals surface area contributed by atoms with Crippen molar-refractivity contribution in [3.63, 3.8) is 0 Å². The number of rotatable bonds is 7. The number of fused-ring (bicyclic) bond motifs is 1. The van der Waals surface area contributed by atoms with Gasteiger partial charge in [0.25, 0.3) is 0 Å². The number of H-pyrrole nitrogens is 1. The number of aromatic amines is 1. The second kappa shape index (κ2) is 8.16. The molecule has 2 heterocycles. The van der Waals surface area contributed by atoms with E-state index in [0.717, 1.165) is 11.3 Å². The van der Waals surface area contributed by atoms with Gasteiger partial charge in [-0.3, -0.25) is 5.10 Å². The van der Waals surface area contributed by atoms with Gasteiger partial charge < -0.3 is 24.3 Å². The van der Waals surface area contributed by atoms with Crippen molar-refractivity contribution in [2.75, 3.05) is 33.8 Å². The Balaban J connectivity index is 1.77. The molecule has 0 aliphatic carbocycles. The Labute approximate surface area is 173 Å². The average molecular weight is 407 g/mol. The Bertz CT molecular complexity index is 1190. The van der Waals surface area contributed by atoms with Crippen LogP contribution in [-0.2, 0) is 0 Å². The third-order valence-corrected chi connectivity index (χ3v) is 4.59. The molecule has 2 N–H and O–H groups in total. The van der Waals surface area contributed by atoms with E-state index in [9.17, 15) is 0 Å². The topological polar surface area (TPSA) is 103 Å². The Hall–Kier alpha value is -4.01. The number of anilines is 2. The molecule has 0 atom stereocenters. The fraction of sp³-hybridized carbons (Fsp3) is 0.190. The molecule has 0 unspecified atom stereocenters. The molecule has 4 aromatic rings. The number of ether oxygens (including phenoxy) is 4. The zero-order valence-corrected chi connectivity index (χ0v) is 17.0. The number of hydrogen-bond donors (Lipinski definition) is 2. The summed E-state index contributed by atoms with van der Waals surface area (Å²) in [7, 11) is 6.37. The average Bonchev–Trinajstić information content (AvgIpc) is 3.27. The van der Waals surface area contributed by atoms with E-state index in [1.54, 1.807) is 34.6 Å². The maximum atomic E-state index is 5.40. The van der Waals surface area contributed by atoms with Crippen LogP contribution in [0.1, 0.15) is 0 Å². The Morgan fingerprint density at radius 1 is 0.767 bits per heavy atom. The van der Waals surface area contributed by atoms with Crippen molar-refractivity contribution in [1.29, 1.82) is 0 Å². The SMILES string of the molecule is COc1ccc(Nc2nc(-c3ccc(OC)c(OC)c3)nc3cn[nH]c23)cc1OC. The lowest BCUT2D eigenvalue weighted by Crippen LogP contribution is -2.00. The molecule has 30 heavy (non-hydrogen) atoms. The minimum atomic E-state index is 0.521. The molecular weight excluding hydrogens is 386 g/mol. The third kappa shape index (κ3) is 3.52. The first-order valence-corrected chi connectivity index (χ1v) is 9.09. The first kappa shape index (κ1) is 19.3. The number of methoxy groups -OCH3 is 4. The Kier molecular flexibility index (Phi) is 5.25. The minimum Gasteiger partial charge on any atom is -0.493 e. The monoisotopic (exact) mass is 407 g/mol. The van der Waals surface area contributed by atoms with Crippen LogP contribution in [0.5, 0.6) is 23.0 Å². The molecule has 4 rings (SSSR count). The fourth-order valence-corrected chi connectivity index (χ4v) is 3.09. The molecule has 0 aliphatic heterocycles. The second-order valence-corrected chi connectivity index (χ2v) is 6.29. The van der Waals surface area contributed by atoms with Gasteiger partial charge in [-0.1, -0.05) is 0 Å². The largest absolute Gasteiger partial charge is 0.493 e. The summed E-state index contributed by atoms with van der Waals surface area (Å²) < 4.78 is 21.4. The van der Waals surface area contributed by atoms with Gasteiger partial charge in [0.15, 0.2) is 34.6 Å². The summed E-state index contributed by atoms with van der Waals surface area (Å²) in [5.41, 5.74) is 2.93. The summed E-state index contributed by atoms with van der Waals surface area (Å²) in [5, 5.41) is 10.4. The third-order valence-electron chi connectivity index (χ3n) is 4.59. The lowest BCUT2D eigenvalue weighted by molar-refractivity contribution is 0.355. The molecule has 0 spiro atoms. The van der Waals surface area contributed by atoms with Crippen LogP contribution in [0.4, 0.5) is 11.5 Å². The molecule has 9 heteroatoms. The number of nitrogens with one attached hydrogen (secondary N) is 2. The van der Waals surface area contributed by atoms with E-state index in [0.29, 0.717) is 45.7 Å². The molecule has 0 amide bonds. The van der Waals surface area contributed by atoms with Gasteiger partial charge in [-0.05, 0) is 30.3 Å². The predicted molar refractivity (Wildman–Crippen MR) is 113 cm³/mol. The standard InChI is InChI=1S/C21H21N5O4/c1-27-15-7-5-12(9-17(15)29-3)20-24-14-11-22-26-19(14)21(25-20)23-13-6-8-16(28-2)18(10-13)30-4/h5-11H,1-4H3,(H,22,26)(H,23,24,25). The maximum absolute atomic E-state index is 5.40. The van der Waals surface area contributed by atoms with Gasteiger partial charge in [0, 0.05) is 17.3 Å². The van der Waals surface area contributed by atoms with Crippen LogP contribution in [0.3, 0.4) is 0 Å². The van der Waals surface area contributed by atoms with Crippen LogP contribution >= 0.6 is 0 Å². The van der Waals surface area contributed by atoms with Crippen molar-refractivity contribution >= 4 is 22.5 Å². The highest BCUT2D eigenvalue weighted by Crippen LogP contribution is 2.34. The lowest BCUT2D eigenvalue weighted by atomic mass is 10.2. The molecule has 0 fully saturated rings. The van der Waals surface area contributed by atoms with E-state index in [1.165, 1.54) is 0 Å². The van der Waals surface area contributed by atoms with Crippen LogP contribution < -0.4 is 24.3 Å². The number of aromatic nitrogens is 4. The molecule has 0 bridgehead atoms. The van der Waals surface area contributed by atoms with Crippen LogP contribution in [0.25, 0.3) is 22.4 Å². The molecule has 2 aromatic carbocycles. The van der Waals surface area contributed by atoms with E-state index < -0.39 is 0 Å². The van der Waals surface area contributed by atoms with E-state index in [2.05, 4.69) is 20.5 Å². The predicted octanol–water partition coefficient (Wildman–Crippen LogP) is 3.80. The van der Waals surface area contributed by atoms with Crippen LogP contribution in [0.2, 0.25) is 0 Å². The highest BCUT2D eigenvalue weighted by Gasteiger charge is 2.14. The van der Waals surface area contributed by atoms with Gasteiger partial charge in [-0.15, -0.1) is 0 Å². The van der Waals surface area contributed by atoms with Crippen molar-refractivity contribution in [3.8, 4) is 34.4 Å². The van der Waals surface area contributed by atoms with Crippen molar-refractivity contribution in [3.05, 3.63) is 42.6 Å². The summed E-state index contributed by atoms with van der Waals surface area (Å²) in [4.78, 5) is 9.32. The second-order valence-electron chi connectivity index (χ2n) is 6.29. The number of nitrogens with zero attached hydrogens (tertiary/aromatic N) is 3. The maximum Gasteiger partial charge on any atom is 0.162 e. The van der Waals surface area contributed by atoms with Gasteiger partial charge in [-0.2, -0.15) is 5.10 Å². The molecule has 0 radical (unpaired) electrons. The van der Waals surface area contributed by atoms with E-state index >= 15 is 0 Å². The van der Waals surface area contributed by atoms with Crippen molar-refractivity contribution in [2.24, 2.45) is 0 Å². The van der Waals surface area contributed by atoms with Crippen LogP contribution in [-0.4, -0.2) is 48.6 Å². The van der Waals surface area contributed by atoms with Gasteiger partial charge in [0.1, 0.15) is 11.0 Å². The molecule has 0 aliphatic rings. The minimum absolute atomic E-state index is 0.521. The van der Waals surface area contributed by atoms with Crippen LogP contribution in [0, 0.1) is 0 Å². The summed E-state index contributed by atoms with van der Waals surface area (Å²) in [6, 6.07) is 11.1. The van der Waals surface area contributed by atoms with E-state index in [1.807, 2.05) is 36.4 Å². The Morgan fingerprint density at radius 2 is 1.43 bits per heavy atom. The van der Waals surface area contributed by atoms with E-state index in [4.69, 9.17) is 23.9 Å². The van der Waals surface area contributed by atoms with Gasteiger partial charge in [-0.25, -0.2) is 9.97 Å². The number of benzene rings is 2. The van der Waals surface area contributed by atoms with Gasteiger partial charge in [0.05, 0.1) is 34.6 Å². The van der Waals surface area contributed by atoms with Gasteiger partial charge in [0.2, 0.25) is 0 Å². The van der Waals surface area contributed by atoms with Crippen molar-refractivity contribution < 1.29 is 18.9 Å². The smallest absolute Gasteiger partial charge is 0.162 e. The fourth-order valence-electron chi connectivity index (χ4n) is 3.09. The first-order chi connectivity index (χ1) is 14.7. The van der Waals surface area contributed by atoms with Crippen LogP contribution in [0.15, 0.2) is 42.6 Å². The molecule has 0 saturated carbocycles. The molecule has 9 nitrogen and oxygen atoms in total. The molecule has 154 valence electrons. The quantitative estimate of drug-likeness (QED) is 0.477.